The second-order valence-corrected chi connectivity index (χ2v) is 9.51. The minimum absolute atomic E-state index is 0.0537. The highest BCUT2D eigenvalue weighted by molar-refractivity contribution is 8.26. The highest BCUT2D eigenvalue weighted by Crippen LogP contribution is 2.34. The summed E-state index contributed by atoms with van der Waals surface area (Å²) in [7, 11) is 0. The molecular formula is C24H22N4O2S2. The minimum Gasteiger partial charge on any atom is -0.376 e. The van der Waals surface area contributed by atoms with Crippen LogP contribution in [0, 0.1) is 6.92 Å². The maximum absolute atomic E-state index is 13.1. The van der Waals surface area contributed by atoms with E-state index in [1.807, 2.05) is 61.5 Å². The number of thioether (sulfide) groups is 1. The topological polar surface area (TPSA) is 60.3 Å². The summed E-state index contributed by atoms with van der Waals surface area (Å²) in [6, 6.07) is 17.9. The van der Waals surface area contributed by atoms with Crippen molar-refractivity contribution in [2.75, 3.05) is 13.2 Å². The highest BCUT2D eigenvalue weighted by Gasteiger charge is 2.35. The number of thiocarbonyl (C=S) groups is 1. The van der Waals surface area contributed by atoms with E-state index in [4.69, 9.17) is 27.0 Å². The van der Waals surface area contributed by atoms with Crippen LogP contribution in [0.25, 0.3) is 23.2 Å². The van der Waals surface area contributed by atoms with Crippen LogP contribution in [-0.2, 0) is 9.53 Å². The number of aryl methyl sites for hydroxylation is 1. The number of hydrogen-bond donors (Lipinski definition) is 0. The minimum atomic E-state index is -0.102. The molecule has 0 N–H and O–H groups in total. The maximum atomic E-state index is 13.1. The molecular weight excluding hydrogens is 440 g/mol. The highest BCUT2D eigenvalue weighted by atomic mass is 32.2. The predicted octanol–water partition coefficient (Wildman–Crippen LogP) is 4.62. The number of nitrogens with zero attached hydrogens (tertiary/aromatic N) is 4. The smallest absolute Gasteiger partial charge is 0.266 e. The normalized spacial score (nSPS) is 20.0. The van der Waals surface area contributed by atoms with Gasteiger partial charge in [-0.2, -0.15) is 0 Å². The fraction of sp³-hybridized carbons (Fsp3) is 0.250. The van der Waals surface area contributed by atoms with Gasteiger partial charge in [-0.25, -0.2) is 9.67 Å². The van der Waals surface area contributed by atoms with Crippen LogP contribution >= 0.6 is 24.0 Å². The lowest BCUT2D eigenvalue weighted by Gasteiger charge is -2.18. The van der Waals surface area contributed by atoms with Gasteiger partial charge in [-0.3, -0.25) is 9.69 Å². The first kappa shape index (κ1) is 21.1. The summed E-state index contributed by atoms with van der Waals surface area (Å²) in [5.74, 6) is 1.09. The predicted molar refractivity (Wildman–Crippen MR) is 130 cm³/mol. The van der Waals surface area contributed by atoms with Crippen molar-refractivity contribution in [3.8, 4) is 17.1 Å². The molecule has 8 heteroatoms. The molecule has 6 nitrogen and oxygen atoms in total. The molecule has 0 unspecified atom stereocenters. The van der Waals surface area contributed by atoms with E-state index in [9.17, 15) is 4.79 Å². The Labute approximate surface area is 196 Å². The van der Waals surface area contributed by atoms with Gasteiger partial charge in [-0.05, 0) is 31.9 Å². The molecule has 32 heavy (non-hydrogen) atoms. The average molecular weight is 463 g/mol. The molecule has 2 saturated heterocycles. The molecule has 5 rings (SSSR count). The molecule has 3 heterocycles. The van der Waals surface area contributed by atoms with Crippen molar-refractivity contribution in [1.82, 2.24) is 19.7 Å². The molecule has 1 atom stereocenters. The molecule has 0 radical (unpaired) electrons. The molecule has 0 spiro atoms. The van der Waals surface area contributed by atoms with Gasteiger partial charge in [0, 0.05) is 18.2 Å². The van der Waals surface area contributed by atoms with Gasteiger partial charge in [0.15, 0.2) is 11.6 Å². The van der Waals surface area contributed by atoms with Crippen molar-refractivity contribution >= 4 is 40.3 Å². The van der Waals surface area contributed by atoms with E-state index in [-0.39, 0.29) is 12.0 Å². The Morgan fingerprint density at radius 3 is 2.69 bits per heavy atom. The lowest BCUT2D eigenvalue weighted by molar-refractivity contribution is -0.123. The Hall–Kier alpha value is -2.81. The third-order valence-electron chi connectivity index (χ3n) is 5.49. The van der Waals surface area contributed by atoms with E-state index in [1.54, 1.807) is 15.7 Å². The molecule has 2 aliphatic heterocycles. The zero-order valence-electron chi connectivity index (χ0n) is 17.6. The molecule has 2 aromatic carbocycles. The van der Waals surface area contributed by atoms with Crippen LogP contribution < -0.4 is 0 Å². The zero-order valence-corrected chi connectivity index (χ0v) is 19.2. The van der Waals surface area contributed by atoms with Crippen molar-refractivity contribution < 1.29 is 9.53 Å². The molecule has 1 amide bonds. The number of carbonyl (C=O) groups excluding carboxylic acids is 1. The van der Waals surface area contributed by atoms with E-state index < -0.39 is 0 Å². The monoisotopic (exact) mass is 462 g/mol. The number of rotatable bonds is 5. The first-order valence-electron chi connectivity index (χ1n) is 10.5. The van der Waals surface area contributed by atoms with E-state index in [2.05, 4.69) is 0 Å². The van der Waals surface area contributed by atoms with Gasteiger partial charge in [0.05, 0.1) is 23.2 Å². The number of carbonyl (C=O) groups is 1. The third-order valence-corrected chi connectivity index (χ3v) is 6.86. The Morgan fingerprint density at radius 2 is 1.97 bits per heavy atom. The van der Waals surface area contributed by atoms with Crippen molar-refractivity contribution in [3.63, 3.8) is 0 Å². The Balaban J connectivity index is 1.50. The number of para-hydroxylation sites is 1. The fourth-order valence-electron chi connectivity index (χ4n) is 3.77. The molecule has 0 aliphatic carbocycles. The van der Waals surface area contributed by atoms with Crippen molar-refractivity contribution in [2.45, 2.75) is 25.9 Å². The lowest BCUT2D eigenvalue weighted by Crippen LogP contribution is -2.35. The van der Waals surface area contributed by atoms with Crippen LogP contribution in [0.2, 0.25) is 0 Å². The summed E-state index contributed by atoms with van der Waals surface area (Å²) >= 11 is 6.80. The Morgan fingerprint density at radius 1 is 1.19 bits per heavy atom. The first-order valence-corrected chi connectivity index (χ1v) is 11.8. The van der Waals surface area contributed by atoms with Crippen LogP contribution in [0.3, 0.4) is 0 Å². The number of aromatic nitrogens is 3. The molecule has 1 aromatic heterocycles. The molecule has 0 saturated carbocycles. The van der Waals surface area contributed by atoms with Gasteiger partial charge in [0.25, 0.3) is 5.91 Å². The van der Waals surface area contributed by atoms with Gasteiger partial charge in [-0.15, -0.1) is 5.10 Å². The summed E-state index contributed by atoms with van der Waals surface area (Å²) in [5.41, 5.74) is 2.97. The number of ether oxygens (including phenoxy) is 1. The van der Waals surface area contributed by atoms with E-state index in [1.165, 1.54) is 17.3 Å². The first-order chi connectivity index (χ1) is 15.6. The number of amides is 1. The zero-order chi connectivity index (χ0) is 22.1. The second-order valence-electron chi connectivity index (χ2n) is 7.83. The van der Waals surface area contributed by atoms with Crippen molar-refractivity contribution in [2.24, 2.45) is 0 Å². The summed E-state index contributed by atoms with van der Waals surface area (Å²) in [6.07, 6.45) is 3.82. The van der Waals surface area contributed by atoms with Crippen molar-refractivity contribution in [3.05, 3.63) is 70.9 Å². The summed E-state index contributed by atoms with van der Waals surface area (Å²) in [6.45, 7) is 3.29. The van der Waals surface area contributed by atoms with E-state index in [0.717, 1.165) is 30.7 Å². The van der Waals surface area contributed by atoms with E-state index in [0.29, 0.717) is 27.4 Å². The summed E-state index contributed by atoms with van der Waals surface area (Å²) in [4.78, 5) is 20.1. The maximum Gasteiger partial charge on any atom is 0.266 e. The van der Waals surface area contributed by atoms with Crippen molar-refractivity contribution in [1.29, 1.82) is 0 Å². The average Bonchev–Trinajstić information content (AvgIpc) is 3.53. The Bertz CT molecular complexity index is 1180. The standard InChI is InChI=1S/C24H22N4O2S2/c1-16-9-11-17(12-10-16)22-25-21(28(26-22)18-6-3-2-4-7-18)14-20-23(29)27(24(31)32-20)15-19-8-5-13-30-19/h2-4,6-7,9-12,14,19H,5,8,13,15H2,1H3/b20-14+/t19-/m1/s1. The van der Waals surface area contributed by atoms with Gasteiger partial charge in [-0.1, -0.05) is 72.0 Å². The molecule has 162 valence electrons. The van der Waals surface area contributed by atoms with Gasteiger partial charge in [0.2, 0.25) is 0 Å². The number of hydrogen-bond acceptors (Lipinski definition) is 6. The van der Waals surface area contributed by atoms with Gasteiger partial charge >= 0.3 is 0 Å². The van der Waals surface area contributed by atoms with Gasteiger partial charge in [0.1, 0.15) is 4.32 Å². The largest absolute Gasteiger partial charge is 0.376 e. The summed E-state index contributed by atoms with van der Waals surface area (Å²) in [5, 5.41) is 4.74. The van der Waals surface area contributed by atoms with Crippen LogP contribution in [0.1, 0.15) is 24.2 Å². The quantitative estimate of drug-likeness (QED) is 0.407. The molecule has 2 fully saturated rings. The van der Waals surface area contributed by atoms with E-state index >= 15 is 0 Å². The molecule has 3 aromatic rings. The fourth-order valence-corrected chi connectivity index (χ4v) is 5.01. The second kappa shape index (κ2) is 8.97. The molecule has 0 bridgehead atoms. The molecule has 2 aliphatic rings. The van der Waals surface area contributed by atoms with Crippen LogP contribution in [0.5, 0.6) is 0 Å². The lowest BCUT2D eigenvalue weighted by atomic mass is 10.1. The van der Waals surface area contributed by atoms with Crippen LogP contribution in [0.15, 0.2) is 59.5 Å². The number of benzene rings is 2. The Kier molecular flexibility index (Phi) is 5.91. The van der Waals surface area contributed by atoms with Crippen LogP contribution in [0.4, 0.5) is 0 Å². The third kappa shape index (κ3) is 4.26. The SMILES string of the molecule is Cc1ccc(-c2nc(/C=C3/SC(=S)N(C[C@H]4CCCO4)C3=O)n(-c3ccccc3)n2)cc1. The van der Waals surface area contributed by atoms with Gasteiger partial charge < -0.3 is 4.74 Å². The van der Waals surface area contributed by atoms with Crippen LogP contribution in [-0.4, -0.2) is 49.1 Å². The summed E-state index contributed by atoms with van der Waals surface area (Å²) < 4.78 is 8.02.